The number of ether oxygens (including phenoxy) is 1. The van der Waals surface area contributed by atoms with Crippen molar-refractivity contribution in [2.45, 2.75) is 13.1 Å². The average molecular weight is 326 g/mol. The minimum Gasteiger partial charge on any atom is -0.465 e. The minimum atomic E-state index is -0.367. The van der Waals surface area contributed by atoms with Gasteiger partial charge in [-0.05, 0) is 30.3 Å². The van der Waals surface area contributed by atoms with Crippen LogP contribution in [0.5, 0.6) is 0 Å². The smallest absolute Gasteiger partial charge is 0.337 e. The standard InChI is InChI=1S/C19H22N2O3/c1-21(13-16-6-4-3-5-7-16)14-18(22)20-12-15-8-10-17(11-9-15)19(23)24-2/h3-11H,12-14H2,1-2H3,(H,20,22). The van der Waals surface area contributed by atoms with E-state index >= 15 is 0 Å². The van der Waals surface area contributed by atoms with Gasteiger partial charge in [0.2, 0.25) is 5.91 Å². The van der Waals surface area contributed by atoms with Crippen molar-refractivity contribution in [3.05, 3.63) is 71.3 Å². The van der Waals surface area contributed by atoms with Crippen LogP contribution in [0.1, 0.15) is 21.5 Å². The Hall–Kier alpha value is -2.66. The first kappa shape index (κ1) is 17.7. The van der Waals surface area contributed by atoms with Crippen LogP contribution in [0.15, 0.2) is 54.6 Å². The second-order valence-electron chi connectivity index (χ2n) is 5.62. The van der Waals surface area contributed by atoms with Crippen LogP contribution in [0.4, 0.5) is 0 Å². The Balaban J connectivity index is 1.77. The van der Waals surface area contributed by atoms with Crippen LogP contribution in [0.25, 0.3) is 0 Å². The Morgan fingerprint density at radius 1 is 1.00 bits per heavy atom. The maximum atomic E-state index is 12.0. The van der Waals surface area contributed by atoms with Gasteiger partial charge in [-0.25, -0.2) is 4.79 Å². The van der Waals surface area contributed by atoms with Gasteiger partial charge in [0.15, 0.2) is 0 Å². The Kier molecular flexibility index (Phi) is 6.51. The van der Waals surface area contributed by atoms with Crippen LogP contribution in [0.2, 0.25) is 0 Å². The molecule has 0 aromatic heterocycles. The van der Waals surface area contributed by atoms with Gasteiger partial charge in [0.05, 0.1) is 19.2 Å². The molecule has 0 aliphatic rings. The molecule has 126 valence electrons. The molecule has 0 heterocycles. The van der Waals surface area contributed by atoms with Crippen molar-refractivity contribution in [3.63, 3.8) is 0 Å². The van der Waals surface area contributed by atoms with Crippen LogP contribution in [0, 0.1) is 0 Å². The SMILES string of the molecule is COC(=O)c1ccc(CNC(=O)CN(C)Cc2ccccc2)cc1. The van der Waals surface area contributed by atoms with E-state index in [4.69, 9.17) is 0 Å². The van der Waals surface area contributed by atoms with E-state index in [-0.39, 0.29) is 11.9 Å². The van der Waals surface area contributed by atoms with E-state index in [9.17, 15) is 9.59 Å². The molecule has 0 saturated carbocycles. The highest BCUT2D eigenvalue weighted by Gasteiger charge is 2.08. The number of rotatable bonds is 7. The molecule has 2 aromatic rings. The Morgan fingerprint density at radius 3 is 2.29 bits per heavy atom. The Morgan fingerprint density at radius 2 is 1.67 bits per heavy atom. The molecule has 0 saturated heterocycles. The number of likely N-dealkylation sites (N-methyl/N-ethyl adjacent to an activating group) is 1. The zero-order valence-electron chi connectivity index (χ0n) is 14.0. The number of nitrogens with one attached hydrogen (secondary N) is 1. The van der Waals surface area contributed by atoms with E-state index in [1.165, 1.54) is 12.7 Å². The summed E-state index contributed by atoms with van der Waals surface area (Å²) in [4.78, 5) is 25.3. The molecule has 5 nitrogen and oxygen atoms in total. The summed E-state index contributed by atoms with van der Waals surface area (Å²) in [6.45, 7) is 1.48. The van der Waals surface area contributed by atoms with Crippen molar-refractivity contribution in [2.24, 2.45) is 0 Å². The number of nitrogens with zero attached hydrogens (tertiary/aromatic N) is 1. The summed E-state index contributed by atoms with van der Waals surface area (Å²) in [5.74, 6) is -0.404. The molecule has 0 aliphatic carbocycles. The van der Waals surface area contributed by atoms with E-state index < -0.39 is 0 Å². The Labute approximate surface area is 142 Å². The largest absolute Gasteiger partial charge is 0.465 e. The number of carbonyl (C=O) groups is 2. The van der Waals surface area contributed by atoms with Crippen LogP contribution in [0.3, 0.4) is 0 Å². The number of benzene rings is 2. The van der Waals surface area contributed by atoms with Crippen LogP contribution in [-0.4, -0.2) is 37.5 Å². The van der Waals surface area contributed by atoms with Crippen molar-refractivity contribution >= 4 is 11.9 Å². The summed E-state index contributed by atoms with van der Waals surface area (Å²) in [7, 11) is 3.26. The summed E-state index contributed by atoms with van der Waals surface area (Å²) in [5.41, 5.74) is 2.60. The number of hydrogen-bond donors (Lipinski definition) is 1. The fourth-order valence-corrected chi connectivity index (χ4v) is 2.33. The van der Waals surface area contributed by atoms with Gasteiger partial charge < -0.3 is 10.1 Å². The normalized spacial score (nSPS) is 10.5. The second-order valence-corrected chi connectivity index (χ2v) is 5.62. The highest BCUT2D eigenvalue weighted by Crippen LogP contribution is 2.06. The molecule has 1 N–H and O–H groups in total. The molecule has 2 aromatic carbocycles. The fraction of sp³-hybridized carbons (Fsp3) is 0.263. The topological polar surface area (TPSA) is 58.6 Å². The van der Waals surface area contributed by atoms with Gasteiger partial charge in [0.25, 0.3) is 0 Å². The van der Waals surface area contributed by atoms with E-state index in [1.54, 1.807) is 24.3 Å². The van der Waals surface area contributed by atoms with Gasteiger partial charge >= 0.3 is 5.97 Å². The molecule has 1 amide bonds. The summed E-state index contributed by atoms with van der Waals surface area (Å²) < 4.78 is 4.65. The van der Waals surface area contributed by atoms with Crippen molar-refractivity contribution in [2.75, 3.05) is 20.7 Å². The van der Waals surface area contributed by atoms with Crippen LogP contribution >= 0.6 is 0 Å². The summed E-state index contributed by atoms with van der Waals surface area (Å²) in [6, 6.07) is 17.0. The quantitative estimate of drug-likeness (QED) is 0.793. The number of esters is 1. The number of carbonyl (C=O) groups excluding carboxylic acids is 2. The van der Waals surface area contributed by atoms with Crippen molar-refractivity contribution in [1.82, 2.24) is 10.2 Å². The molecule has 0 atom stereocenters. The third-order valence-corrected chi connectivity index (χ3v) is 3.57. The summed E-state index contributed by atoms with van der Waals surface area (Å²) in [5, 5.41) is 2.88. The lowest BCUT2D eigenvalue weighted by Crippen LogP contribution is -2.34. The molecule has 5 heteroatoms. The third kappa shape index (κ3) is 5.52. The van der Waals surface area contributed by atoms with E-state index in [1.807, 2.05) is 42.3 Å². The van der Waals surface area contributed by atoms with Gasteiger partial charge in [-0.1, -0.05) is 42.5 Å². The number of methoxy groups -OCH3 is 1. The fourth-order valence-electron chi connectivity index (χ4n) is 2.33. The van der Waals surface area contributed by atoms with Crippen LogP contribution < -0.4 is 5.32 Å². The van der Waals surface area contributed by atoms with Gasteiger partial charge in [-0.2, -0.15) is 0 Å². The minimum absolute atomic E-state index is 0.0366. The van der Waals surface area contributed by atoms with E-state index in [2.05, 4.69) is 10.1 Å². The Bertz CT molecular complexity index is 669. The maximum Gasteiger partial charge on any atom is 0.337 e. The molecule has 0 unspecified atom stereocenters. The highest BCUT2D eigenvalue weighted by atomic mass is 16.5. The number of hydrogen-bond acceptors (Lipinski definition) is 4. The van der Waals surface area contributed by atoms with Gasteiger partial charge in [-0.15, -0.1) is 0 Å². The molecule has 2 rings (SSSR count). The maximum absolute atomic E-state index is 12.0. The molecule has 0 spiro atoms. The van der Waals surface area contributed by atoms with E-state index in [0.29, 0.717) is 18.7 Å². The van der Waals surface area contributed by atoms with Crippen molar-refractivity contribution < 1.29 is 14.3 Å². The lowest BCUT2D eigenvalue weighted by Gasteiger charge is -2.16. The molecular weight excluding hydrogens is 304 g/mol. The van der Waals surface area contributed by atoms with Crippen molar-refractivity contribution in [3.8, 4) is 0 Å². The highest BCUT2D eigenvalue weighted by molar-refractivity contribution is 5.89. The summed E-state index contributed by atoms with van der Waals surface area (Å²) in [6.07, 6.45) is 0. The zero-order valence-corrected chi connectivity index (χ0v) is 14.0. The molecule has 24 heavy (non-hydrogen) atoms. The van der Waals surface area contributed by atoms with Gasteiger partial charge in [0.1, 0.15) is 0 Å². The van der Waals surface area contributed by atoms with Crippen LogP contribution in [-0.2, 0) is 22.6 Å². The second kappa shape index (κ2) is 8.84. The monoisotopic (exact) mass is 326 g/mol. The predicted octanol–water partition coefficient (Wildman–Crippen LogP) is 2.22. The molecule has 0 radical (unpaired) electrons. The predicted molar refractivity (Wildman–Crippen MR) is 92.4 cm³/mol. The zero-order chi connectivity index (χ0) is 17.4. The van der Waals surface area contributed by atoms with Crippen molar-refractivity contribution in [1.29, 1.82) is 0 Å². The third-order valence-electron chi connectivity index (χ3n) is 3.57. The lowest BCUT2D eigenvalue weighted by atomic mass is 10.1. The molecule has 0 aliphatic heterocycles. The molecular formula is C19H22N2O3. The molecule has 0 bridgehead atoms. The van der Waals surface area contributed by atoms with Gasteiger partial charge in [0, 0.05) is 13.1 Å². The lowest BCUT2D eigenvalue weighted by molar-refractivity contribution is -0.122. The van der Waals surface area contributed by atoms with E-state index in [0.717, 1.165) is 12.1 Å². The first-order valence-corrected chi connectivity index (χ1v) is 7.75. The van der Waals surface area contributed by atoms with Gasteiger partial charge in [-0.3, -0.25) is 9.69 Å². The average Bonchev–Trinajstić information content (AvgIpc) is 2.60. The first-order valence-electron chi connectivity index (χ1n) is 7.75. The first-order chi connectivity index (χ1) is 11.6. The summed E-state index contributed by atoms with van der Waals surface area (Å²) >= 11 is 0. The molecule has 0 fully saturated rings. The number of amides is 1.